The molecule has 11 heteroatoms. The number of halogens is 3. The molecule has 3 heterocycles. The fourth-order valence-corrected chi connectivity index (χ4v) is 4.01. The lowest BCUT2D eigenvalue weighted by Gasteiger charge is -2.20. The Labute approximate surface area is 211 Å². The number of benzene rings is 1. The molecule has 2 aromatic heterocycles. The molecule has 0 bridgehead atoms. The van der Waals surface area contributed by atoms with E-state index in [-0.39, 0.29) is 29.9 Å². The molecule has 1 aliphatic heterocycles. The second-order valence-electron chi connectivity index (χ2n) is 8.90. The van der Waals surface area contributed by atoms with Crippen molar-refractivity contribution in [2.75, 3.05) is 44.5 Å². The molecule has 1 amide bonds. The van der Waals surface area contributed by atoms with E-state index in [2.05, 4.69) is 16.4 Å². The first-order valence-electron chi connectivity index (χ1n) is 11.4. The number of aromatic nitrogens is 2. The van der Waals surface area contributed by atoms with Gasteiger partial charge in [0.15, 0.2) is 0 Å². The van der Waals surface area contributed by atoms with Crippen molar-refractivity contribution < 1.29 is 27.6 Å². The molecule has 0 saturated carbocycles. The number of pyridine rings is 1. The Bertz CT molecular complexity index is 1380. The van der Waals surface area contributed by atoms with Crippen LogP contribution in [-0.2, 0) is 11.2 Å². The summed E-state index contributed by atoms with van der Waals surface area (Å²) >= 11 is 0. The summed E-state index contributed by atoms with van der Waals surface area (Å²) in [5, 5.41) is 2.64. The van der Waals surface area contributed by atoms with Gasteiger partial charge in [0.05, 0.1) is 22.6 Å². The van der Waals surface area contributed by atoms with E-state index in [9.17, 15) is 22.8 Å². The number of carbonyl (C=O) groups is 2. The lowest BCUT2D eigenvalue weighted by Crippen LogP contribution is -2.37. The zero-order valence-electron chi connectivity index (χ0n) is 20.8. The number of amides is 1. The van der Waals surface area contributed by atoms with Crippen LogP contribution in [0.25, 0.3) is 23.4 Å². The molecule has 0 spiro atoms. The van der Waals surface area contributed by atoms with Crippen molar-refractivity contribution in [2.45, 2.75) is 12.6 Å². The third-order valence-electron chi connectivity index (χ3n) is 5.88. The molecule has 0 atom stereocenters. The van der Waals surface area contributed by atoms with Gasteiger partial charge < -0.3 is 20.0 Å². The van der Waals surface area contributed by atoms with Gasteiger partial charge in [-0.25, -0.2) is 4.79 Å². The molecule has 1 N–H and O–H groups in total. The minimum Gasteiger partial charge on any atom is -0.378 e. The molecule has 1 aliphatic rings. The van der Waals surface area contributed by atoms with Crippen molar-refractivity contribution >= 4 is 35.4 Å². The van der Waals surface area contributed by atoms with Crippen LogP contribution in [0, 0.1) is 0 Å². The average Bonchev–Trinajstić information content (AvgIpc) is 3.21. The molecule has 8 nitrogen and oxygen atoms in total. The minimum atomic E-state index is -5.19. The van der Waals surface area contributed by atoms with Crippen molar-refractivity contribution in [3.63, 3.8) is 0 Å². The van der Waals surface area contributed by atoms with Crippen LogP contribution in [0.3, 0.4) is 0 Å². The van der Waals surface area contributed by atoms with Crippen LogP contribution in [-0.4, -0.2) is 62.5 Å². The lowest BCUT2D eigenvalue weighted by molar-refractivity contribution is -0.199. The van der Waals surface area contributed by atoms with Crippen LogP contribution < -0.4 is 20.0 Å². The fourth-order valence-electron chi connectivity index (χ4n) is 4.01. The molecule has 194 valence electrons. The smallest absolute Gasteiger partial charge is 0.378 e. The Hall–Kier alpha value is -4.28. The normalized spacial score (nSPS) is 13.3. The maximum Gasteiger partial charge on any atom is 0.493 e. The number of nitrogens with zero attached hydrogens (tertiary/aromatic N) is 4. The molecular formula is C26H26F3N5O3. The van der Waals surface area contributed by atoms with Gasteiger partial charge in [0.25, 0.3) is 5.91 Å². The summed E-state index contributed by atoms with van der Waals surface area (Å²) in [6.07, 6.45) is 0.188. The van der Waals surface area contributed by atoms with Crippen LogP contribution in [0.5, 0.6) is 0 Å². The summed E-state index contributed by atoms with van der Waals surface area (Å²) < 4.78 is 39.7. The quantitative estimate of drug-likeness (QED) is 0.542. The Morgan fingerprint density at radius 3 is 2.51 bits per heavy atom. The Balaban J connectivity index is 1.72. The first kappa shape index (κ1) is 25.8. The number of nitrogens with one attached hydrogen (secondary N) is 1. The number of carbonyl (C=O) groups excluding carboxylic acids is 2. The summed E-state index contributed by atoms with van der Waals surface area (Å²) in [7, 11) is 7.81. The first-order valence-corrected chi connectivity index (χ1v) is 11.4. The number of anilines is 2. The van der Waals surface area contributed by atoms with E-state index in [4.69, 9.17) is 4.84 Å². The Morgan fingerprint density at radius 2 is 1.84 bits per heavy atom. The third kappa shape index (κ3) is 5.45. The number of fused-ring (bicyclic) bond motifs is 1. The van der Waals surface area contributed by atoms with Crippen molar-refractivity contribution in [1.29, 1.82) is 0 Å². The van der Waals surface area contributed by atoms with E-state index in [1.807, 2.05) is 56.2 Å². The molecule has 0 radical (unpaired) electrons. The summed E-state index contributed by atoms with van der Waals surface area (Å²) in [5.41, 5.74) is 4.43. The molecule has 37 heavy (non-hydrogen) atoms. The minimum absolute atomic E-state index is 0.140. The summed E-state index contributed by atoms with van der Waals surface area (Å²) in [6.45, 7) is 0.212. The fraction of sp³-hybridized carbons (Fsp3) is 0.269. The van der Waals surface area contributed by atoms with E-state index < -0.39 is 18.1 Å². The summed E-state index contributed by atoms with van der Waals surface area (Å²) in [6, 6.07) is 10.7. The maximum absolute atomic E-state index is 13.0. The van der Waals surface area contributed by atoms with Gasteiger partial charge in [-0.05, 0) is 42.0 Å². The third-order valence-corrected chi connectivity index (χ3v) is 5.88. The number of hydrogen-bond acceptors (Lipinski definition) is 6. The maximum atomic E-state index is 13.0. The number of alkyl halides is 3. The second-order valence-corrected chi connectivity index (χ2v) is 8.90. The van der Waals surface area contributed by atoms with Crippen molar-refractivity contribution in [3.8, 4) is 11.3 Å². The van der Waals surface area contributed by atoms with Crippen LogP contribution in [0.1, 0.15) is 27.3 Å². The molecule has 3 aromatic rings. The van der Waals surface area contributed by atoms with Gasteiger partial charge >= 0.3 is 12.1 Å². The van der Waals surface area contributed by atoms with E-state index >= 15 is 0 Å². The van der Waals surface area contributed by atoms with E-state index in [1.165, 1.54) is 12.3 Å². The average molecular weight is 514 g/mol. The van der Waals surface area contributed by atoms with Gasteiger partial charge in [0, 0.05) is 64.3 Å². The van der Waals surface area contributed by atoms with E-state index in [0.29, 0.717) is 11.3 Å². The van der Waals surface area contributed by atoms with Gasteiger partial charge in [-0.3, -0.25) is 9.78 Å². The monoisotopic (exact) mass is 513 g/mol. The van der Waals surface area contributed by atoms with Crippen molar-refractivity contribution in [3.05, 3.63) is 65.1 Å². The lowest BCUT2D eigenvalue weighted by atomic mass is 10.1. The Morgan fingerprint density at radius 1 is 1.08 bits per heavy atom. The van der Waals surface area contributed by atoms with Gasteiger partial charge in [-0.15, -0.1) is 0 Å². The molecule has 0 fully saturated rings. The van der Waals surface area contributed by atoms with Gasteiger partial charge in [0.2, 0.25) is 0 Å². The molecular weight excluding hydrogens is 487 g/mol. The standard InChI is InChI=1S/C26H26F3N5O3/c1-32(2)19-8-6-16(22(14-19)33(3)4)5-7-18-13-17(9-11-30-18)23-15-20-21(10-12-31-24(20)35)34(23)37-25(36)26(27,28)29/h5-9,11,13-15H,10,12H2,1-4H3,(H,31,35). The Kier molecular flexibility index (Phi) is 6.97. The number of rotatable bonds is 6. The van der Waals surface area contributed by atoms with Crippen LogP contribution in [0.15, 0.2) is 42.6 Å². The van der Waals surface area contributed by atoms with Crippen LogP contribution in [0.4, 0.5) is 24.5 Å². The number of hydrogen-bond donors (Lipinski definition) is 1. The predicted octanol–water partition coefficient (Wildman–Crippen LogP) is 3.66. The highest BCUT2D eigenvalue weighted by Gasteiger charge is 2.43. The molecule has 0 aliphatic carbocycles. The molecule has 0 unspecified atom stereocenters. The van der Waals surface area contributed by atoms with Gasteiger partial charge in [0.1, 0.15) is 0 Å². The van der Waals surface area contributed by atoms with Crippen LogP contribution >= 0.6 is 0 Å². The van der Waals surface area contributed by atoms with E-state index in [1.54, 1.807) is 18.2 Å². The highest BCUT2D eigenvalue weighted by atomic mass is 19.4. The van der Waals surface area contributed by atoms with Gasteiger partial charge in [-0.2, -0.15) is 17.9 Å². The second kappa shape index (κ2) is 10.00. The molecule has 1 aromatic carbocycles. The first-order chi connectivity index (χ1) is 17.5. The largest absolute Gasteiger partial charge is 0.493 e. The van der Waals surface area contributed by atoms with Crippen LogP contribution in [0.2, 0.25) is 0 Å². The summed E-state index contributed by atoms with van der Waals surface area (Å²) in [5.74, 6) is -2.82. The van der Waals surface area contributed by atoms with Crippen molar-refractivity contribution in [1.82, 2.24) is 15.0 Å². The predicted molar refractivity (Wildman–Crippen MR) is 135 cm³/mol. The SMILES string of the molecule is CN(C)c1ccc(C=Cc2cc(-c3cc4c(n3OC(=O)C(F)(F)F)CCNC4=O)ccn2)c(N(C)C)c1. The van der Waals surface area contributed by atoms with Gasteiger partial charge in [-0.1, -0.05) is 12.1 Å². The summed E-state index contributed by atoms with van der Waals surface area (Å²) in [4.78, 5) is 37.0. The van der Waals surface area contributed by atoms with E-state index in [0.717, 1.165) is 21.7 Å². The zero-order valence-corrected chi connectivity index (χ0v) is 20.8. The highest BCUT2D eigenvalue weighted by Crippen LogP contribution is 2.30. The highest BCUT2D eigenvalue weighted by molar-refractivity contribution is 5.98. The van der Waals surface area contributed by atoms with Crippen molar-refractivity contribution in [2.24, 2.45) is 0 Å². The molecule has 4 rings (SSSR count). The molecule has 0 saturated heterocycles. The topological polar surface area (TPSA) is 79.7 Å². The zero-order chi connectivity index (χ0) is 26.9.